The fourth-order valence-electron chi connectivity index (χ4n) is 1.29. The molecule has 1 N–H and O–H groups in total. The summed E-state index contributed by atoms with van der Waals surface area (Å²) in [4.78, 5) is 16.7. The van der Waals surface area contributed by atoms with E-state index >= 15 is 0 Å². The van der Waals surface area contributed by atoms with Gasteiger partial charge in [-0.2, -0.15) is 0 Å². The summed E-state index contributed by atoms with van der Waals surface area (Å²) in [6.45, 7) is 1.87. The fourth-order valence-corrected chi connectivity index (χ4v) is 1.29. The lowest BCUT2D eigenvalue weighted by atomic mass is 10.2. The van der Waals surface area contributed by atoms with Gasteiger partial charge in [-0.05, 0) is 25.1 Å². The van der Waals surface area contributed by atoms with E-state index < -0.39 is 0 Å². The van der Waals surface area contributed by atoms with Gasteiger partial charge in [-0.25, -0.2) is 0 Å². The molecule has 0 saturated heterocycles. The molecule has 0 radical (unpaired) electrons. The van der Waals surface area contributed by atoms with Crippen LogP contribution in [0.4, 0.5) is 0 Å². The molecule has 0 unspecified atom stereocenters. The molecule has 0 fully saturated rings. The number of hydrogen-bond donors (Lipinski definition) is 1. The molecule has 1 amide bonds. The summed E-state index contributed by atoms with van der Waals surface area (Å²) in [5, 5.41) is 6.44. The second-order valence-electron chi connectivity index (χ2n) is 3.51. The SMILES string of the molecule is CC1=NOC(NC(=O)c2ccccc2)=CC1. The Morgan fingerprint density at radius 2 is 2.12 bits per heavy atom. The second-order valence-corrected chi connectivity index (χ2v) is 3.51. The number of allylic oxidation sites excluding steroid dienone is 1. The van der Waals surface area contributed by atoms with E-state index in [0.717, 1.165) is 5.71 Å². The molecule has 0 aromatic heterocycles. The van der Waals surface area contributed by atoms with Gasteiger partial charge in [-0.1, -0.05) is 23.4 Å². The molecule has 1 aromatic rings. The summed E-state index contributed by atoms with van der Waals surface area (Å²) in [6.07, 6.45) is 2.49. The molecule has 82 valence electrons. The summed E-state index contributed by atoms with van der Waals surface area (Å²) in [6, 6.07) is 8.97. The number of oxime groups is 1. The molecule has 0 spiro atoms. The zero-order valence-corrected chi connectivity index (χ0v) is 8.93. The fraction of sp³-hybridized carbons (Fsp3) is 0.167. The Balaban J connectivity index is 1.99. The quantitative estimate of drug-likeness (QED) is 0.822. The highest BCUT2D eigenvalue weighted by atomic mass is 16.6. The Bertz CT molecular complexity index is 449. The zero-order chi connectivity index (χ0) is 11.4. The van der Waals surface area contributed by atoms with Gasteiger partial charge in [0.05, 0.1) is 5.71 Å². The van der Waals surface area contributed by atoms with E-state index in [1.165, 1.54) is 0 Å². The number of amides is 1. The summed E-state index contributed by atoms with van der Waals surface area (Å²) < 4.78 is 0. The van der Waals surface area contributed by atoms with Crippen LogP contribution in [-0.2, 0) is 4.84 Å². The third kappa shape index (κ3) is 2.48. The third-order valence-corrected chi connectivity index (χ3v) is 2.16. The van der Waals surface area contributed by atoms with Crippen LogP contribution in [0.25, 0.3) is 0 Å². The second kappa shape index (κ2) is 4.61. The van der Waals surface area contributed by atoms with Crippen LogP contribution in [0.15, 0.2) is 47.4 Å². The lowest BCUT2D eigenvalue weighted by molar-refractivity contribution is 0.0918. The van der Waals surface area contributed by atoms with E-state index in [9.17, 15) is 4.79 Å². The summed E-state index contributed by atoms with van der Waals surface area (Å²) >= 11 is 0. The van der Waals surface area contributed by atoms with Gasteiger partial charge in [0.1, 0.15) is 0 Å². The normalized spacial score (nSPS) is 14.6. The highest BCUT2D eigenvalue weighted by molar-refractivity contribution is 5.95. The standard InChI is InChI=1S/C12H12N2O2/c1-9-7-8-11(16-14-9)13-12(15)10-5-3-2-4-6-10/h2-6,8H,7H2,1H3,(H,13,15). The first-order valence-corrected chi connectivity index (χ1v) is 5.03. The van der Waals surface area contributed by atoms with Gasteiger partial charge < -0.3 is 4.84 Å². The molecule has 16 heavy (non-hydrogen) atoms. The van der Waals surface area contributed by atoms with Crippen molar-refractivity contribution in [2.45, 2.75) is 13.3 Å². The monoisotopic (exact) mass is 216 g/mol. The molecule has 4 nitrogen and oxygen atoms in total. The molecule has 0 aliphatic carbocycles. The highest BCUT2D eigenvalue weighted by Gasteiger charge is 2.10. The van der Waals surface area contributed by atoms with Crippen molar-refractivity contribution in [3.63, 3.8) is 0 Å². The van der Waals surface area contributed by atoms with E-state index in [-0.39, 0.29) is 5.91 Å². The molecule has 0 saturated carbocycles. The van der Waals surface area contributed by atoms with E-state index in [2.05, 4.69) is 10.5 Å². The Kier molecular flexibility index (Phi) is 3.00. The number of benzene rings is 1. The number of nitrogens with one attached hydrogen (secondary N) is 1. The number of rotatable bonds is 2. The lowest BCUT2D eigenvalue weighted by Crippen LogP contribution is -2.24. The van der Waals surface area contributed by atoms with Crippen LogP contribution in [0.2, 0.25) is 0 Å². The van der Waals surface area contributed by atoms with Gasteiger partial charge in [-0.15, -0.1) is 0 Å². The summed E-state index contributed by atoms with van der Waals surface area (Å²) in [5.41, 5.74) is 1.48. The molecule has 2 rings (SSSR count). The van der Waals surface area contributed by atoms with E-state index in [0.29, 0.717) is 17.9 Å². The van der Waals surface area contributed by atoms with Crippen molar-refractivity contribution < 1.29 is 9.63 Å². The minimum atomic E-state index is -0.193. The Labute approximate surface area is 93.6 Å². The topological polar surface area (TPSA) is 50.7 Å². The van der Waals surface area contributed by atoms with Crippen molar-refractivity contribution in [1.82, 2.24) is 5.32 Å². The maximum atomic E-state index is 11.7. The van der Waals surface area contributed by atoms with Crippen LogP contribution >= 0.6 is 0 Å². The Morgan fingerprint density at radius 1 is 1.38 bits per heavy atom. The molecule has 1 aliphatic rings. The first kappa shape index (κ1) is 10.4. The number of hydrogen-bond acceptors (Lipinski definition) is 3. The first-order chi connectivity index (χ1) is 7.75. The van der Waals surface area contributed by atoms with Crippen LogP contribution < -0.4 is 5.32 Å². The lowest BCUT2D eigenvalue weighted by Gasteiger charge is -2.11. The predicted molar refractivity (Wildman–Crippen MR) is 60.8 cm³/mol. The summed E-state index contributed by atoms with van der Waals surface area (Å²) in [5.74, 6) is 0.195. The number of carbonyl (C=O) groups excluding carboxylic acids is 1. The smallest absolute Gasteiger partial charge is 0.258 e. The minimum absolute atomic E-state index is 0.193. The predicted octanol–water partition coefficient (Wildman–Crippen LogP) is 2.05. The highest BCUT2D eigenvalue weighted by Crippen LogP contribution is 2.07. The van der Waals surface area contributed by atoms with E-state index in [1.807, 2.05) is 25.1 Å². The molecule has 4 heteroatoms. The average Bonchev–Trinajstić information content (AvgIpc) is 2.33. The van der Waals surface area contributed by atoms with Crippen LogP contribution in [0, 0.1) is 0 Å². The van der Waals surface area contributed by atoms with Gasteiger partial charge in [0.25, 0.3) is 5.91 Å². The first-order valence-electron chi connectivity index (χ1n) is 5.03. The van der Waals surface area contributed by atoms with Gasteiger partial charge >= 0.3 is 0 Å². The van der Waals surface area contributed by atoms with Crippen molar-refractivity contribution in [2.75, 3.05) is 0 Å². The van der Waals surface area contributed by atoms with Gasteiger partial charge in [0.2, 0.25) is 5.88 Å². The maximum Gasteiger partial charge on any atom is 0.258 e. The van der Waals surface area contributed by atoms with Gasteiger partial charge in [-0.3, -0.25) is 10.1 Å². The van der Waals surface area contributed by atoms with Crippen LogP contribution in [0.3, 0.4) is 0 Å². The van der Waals surface area contributed by atoms with Crippen molar-refractivity contribution >= 4 is 11.6 Å². The minimum Gasteiger partial charge on any atom is -0.339 e. The average molecular weight is 216 g/mol. The van der Waals surface area contributed by atoms with E-state index in [4.69, 9.17) is 4.84 Å². The molecule has 0 bridgehead atoms. The zero-order valence-electron chi connectivity index (χ0n) is 8.93. The Hall–Kier alpha value is -2.10. The van der Waals surface area contributed by atoms with E-state index in [1.54, 1.807) is 18.2 Å². The molecule has 1 heterocycles. The van der Waals surface area contributed by atoms with Crippen LogP contribution in [-0.4, -0.2) is 11.6 Å². The molecule has 1 aliphatic heterocycles. The maximum absolute atomic E-state index is 11.7. The van der Waals surface area contributed by atoms with Crippen molar-refractivity contribution in [3.8, 4) is 0 Å². The molecular weight excluding hydrogens is 204 g/mol. The van der Waals surface area contributed by atoms with Gasteiger partial charge in [0, 0.05) is 12.0 Å². The Morgan fingerprint density at radius 3 is 2.75 bits per heavy atom. The van der Waals surface area contributed by atoms with Crippen molar-refractivity contribution in [1.29, 1.82) is 0 Å². The number of nitrogens with zero attached hydrogens (tertiary/aromatic N) is 1. The summed E-state index contributed by atoms with van der Waals surface area (Å²) in [7, 11) is 0. The van der Waals surface area contributed by atoms with Crippen LogP contribution in [0.1, 0.15) is 23.7 Å². The van der Waals surface area contributed by atoms with Crippen LogP contribution in [0.5, 0.6) is 0 Å². The molecular formula is C12H12N2O2. The number of carbonyl (C=O) groups is 1. The largest absolute Gasteiger partial charge is 0.339 e. The third-order valence-electron chi connectivity index (χ3n) is 2.16. The van der Waals surface area contributed by atoms with Crippen molar-refractivity contribution in [3.05, 3.63) is 47.9 Å². The van der Waals surface area contributed by atoms with Gasteiger partial charge in [0.15, 0.2) is 0 Å². The van der Waals surface area contributed by atoms with Crippen molar-refractivity contribution in [2.24, 2.45) is 5.16 Å². The molecule has 0 atom stereocenters. The molecule has 1 aromatic carbocycles.